The van der Waals surface area contributed by atoms with Crippen molar-refractivity contribution in [2.24, 2.45) is 12.9 Å². The highest BCUT2D eigenvalue weighted by Crippen LogP contribution is 2.26. The number of benzene rings is 1. The van der Waals surface area contributed by atoms with Crippen molar-refractivity contribution in [1.82, 2.24) is 15.2 Å². The lowest BCUT2D eigenvalue weighted by molar-refractivity contribution is 0.413. The predicted octanol–water partition coefficient (Wildman–Crippen LogP) is 1.29. The van der Waals surface area contributed by atoms with Crippen LogP contribution in [0.3, 0.4) is 0 Å². The minimum atomic E-state index is -0.0891. The molecule has 0 radical (unpaired) electrons. The number of aromatic nitrogens is 2. The maximum Gasteiger partial charge on any atom is 0.119 e. The van der Waals surface area contributed by atoms with Crippen LogP contribution in [-0.4, -0.2) is 16.9 Å². The summed E-state index contributed by atoms with van der Waals surface area (Å²) in [6.45, 7) is 1.97. The van der Waals surface area contributed by atoms with Gasteiger partial charge < -0.3 is 4.74 Å². The molecule has 0 spiro atoms. The Bertz CT molecular complexity index is 536. The Morgan fingerprint density at radius 2 is 2.22 bits per heavy atom. The van der Waals surface area contributed by atoms with Crippen LogP contribution in [0.25, 0.3) is 0 Å². The number of ether oxygens (including phenoxy) is 1. The zero-order valence-electron chi connectivity index (χ0n) is 10.8. The second-order valence-electron chi connectivity index (χ2n) is 4.22. The Labute approximate surface area is 107 Å². The van der Waals surface area contributed by atoms with Gasteiger partial charge in [0.2, 0.25) is 0 Å². The van der Waals surface area contributed by atoms with E-state index >= 15 is 0 Å². The van der Waals surface area contributed by atoms with Crippen LogP contribution in [0.5, 0.6) is 5.75 Å². The lowest BCUT2D eigenvalue weighted by Gasteiger charge is -2.16. The van der Waals surface area contributed by atoms with E-state index in [1.54, 1.807) is 11.8 Å². The molecule has 1 unspecified atom stereocenters. The molecule has 96 valence electrons. The third kappa shape index (κ3) is 2.37. The van der Waals surface area contributed by atoms with Crippen molar-refractivity contribution in [3.05, 3.63) is 47.3 Å². The van der Waals surface area contributed by atoms with Gasteiger partial charge in [-0.25, -0.2) is 5.43 Å². The number of hydrogen-bond acceptors (Lipinski definition) is 4. The minimum absolute atomic E-state index is 0.0891. The summed E-state index contributed by atoms with van der Waals surface area (Å²) in [5.41, 5.74) is 5.90. The topological polar surface area (TPSA) is 65.1 Å². The van der Waals surface area contributed by atoms with Crippen molar-refractivity contribution >= 4 is 0 Å². The normalized spacial score (nSPS) is 12.4. The van der Waals surface area contributed by atoms with Crippen LogP contribution in [0.2, 0.25) is 0 Å². The molecule has 2 aromatic rings. The number of methoxy groups -OCH3 is 1. The summed E-state index contributed by atoms with van der Waals surface area (Å²) < 4.78 is 7.02. The summed E-state index contributed by atoms with van der Waals surface area (Å²) in [4.78, 5) is 0. The molecule has 0 saturated carbocycles. The third-order valence-electron chi connectivity index (χ3n) is 2.96. The molecule has 3 N–H and O–H groups in total. The van der Waals surface area contributed by atoms with E-state index < -0.39 is 0 Å². The van der Waals surface area contributed by atoms with Crippen LogP contribution in [0.1, 0.15) is 22.9 Å². The Balaban J connectivity index is 2.41. The molecule has 1 aromatic heterocycles. The second kappa shape index (κ2) is 5.20. The van der Waals surface area contributed by atoms with Gasteiger partial charge in [0, 0.05) is 18.8 Å². The summed E-state index contributed by atoms with van der Waals surface area (Å²) in [5, 5.41) is 4.34. The van der Waals surface area contributed by atoms with E-state index in [2.05, 4.69) is 10.5 Å². The van der Waals surface area contributed by atoms with Crippen molar-refractivity contribution in [2.45, 2.75) is 13.0 Å². The largest absolute Gasteiger partial charge is 0.497 e. The first-order valence-electron chi connectivity index (χ1n) is 5.76. The number of nitrogens with two attached hydrogens (primary N) is 1. The zero-order valence-corrected chi connectivity index (χ0v) is 10.8. The first-order chi connectivity index (χ1) is 8.65. The zero-order chi connectivity index (χ0) is 13.1. The van der Waals surface area contributed by atoms with Gasteiger partial charge in [0.15, 0.2) is 0 Å². The van der Waals surface area contributed by atoms with Gasteiger partial charge in [-0.2, -0.15) is 5.10 Å². The summed E-state index contributed by atoms with van der Waals surface area (Å²) >= 11 is 0. The van der Waals surface area contributed by atoms with Gasteiger partial charge in [-0.1, -0.05) is 12.1 Å². The minimum Gasteiger partial charge on any atom is -0.497 e. The maximum atomic E-state index is 5.68. The fourth-order valence-electron chi connectivity index (χ4n) is 2.09. The predicted molar refractivity (Wildman–Crippen MR) is 70.1 cm³/mol. The van der Waals surface area contributed by atoms with Gasteiger partial charge >= 0.3 is 0 Å². The lowest BCUT2D eigenvalue weighted by Crippen LogP contribution is -2.29. The van der Waals surface area contributed by atoms with Crippen LogP contribution in [0, 0.1) is 6.92 Å². The fraction of sp³-hybridized carbons (Fsp3) is 0.308. The number of rotatable bonds is 4. The van der Waals surface area contributed by atoms with Gasteiger partial charge in [-0.3, -0.25) is 10.5 Å². The molecule has 0 fully saturated rings. The van der Waals surface area contributed by atoms with Crippen molar-refractivity contribution < 1.29 is 4.74 Å². The summed E-state index contributed by atoms with van der Waals surface area (Å²) in [6.07, 6.45) is 1.97. The van der Waals surface area contributed by atoms with Crippen LogP contribution >= 0.6 is 0 Å². The molecule has 0 saturated heterocycles. The van der Waals surface area contributed by atoms with E-state index in [9.17, 15) is 0 Å². The van der Waals surface area contributed by atoms with Crippen LogP contribution < -0.4 is 16.0 Å². The molecule has 0 aliphatic heterocycles. The number of aryl methyl sites for hydroxylation is 2. The maximum absolute atomic E-state index is 5.68. The average molecular weight is 246 g/mol. The first kappa shape index (κ1) is 12.6. The van der Waals surface area contributed by atoms with Gasteiger partial charge in [-0.05, 0) is 24.6 Å². The summed E-state index contributed by atoms with van der Waals surface area (Å²) in [5.74, 6) is 6.49. The highest BCUT2D eigenvalue weighted by Gasteiger charge is 2.17. The number of hydrazine groups is 1. The molecule has 5 nitrogen and oxygen atoms in total. The highest BCUT2D eigenvalue weighted by molar-refractivity contribution is 5.37. The van der Waals surface area contributed by atoms with Gasteiger partial charge in [0.05, 0.1) is 18.8 Å². The summed E-state index contributed by atoms with van der Waals surface area (Å²) in [6, 6.07) is 7.75. The van der Waals surface area contributed by atoms with E-state index in [1.165, 1.54) is 0 Å². The lowest BCUT2D eigenvalue weighted by atomic mass is 10.00. The Kier molecular flexibility index (Phi) is 3.64. The van der Waals surface area contributed by atoms with Crippen LogP contribution in [0.4, 0.5) is 0 Å². The van der Waals surface area contributed by atoms with Gasteiger partial charge in [-0.15, -0.1) is 0 Å². The molecular formula is C13H18N4O. The highest BCUT2D eigenvalue weighted by atomic mass is 16.5. The quantitative estimate of drug-likeness (QED) is 0.630. The number of nitrogens with zero attached hydrogens (tertiary/aromatic N) is 2. The van der Waals surface area contributed by atoms with Crippen LogP contribution in [0.15, 0.2) is 30.5 Å². The average Bonchev–Trinajstić information content (AvgIpc) is 2.70. The SMILES string of the molecule is COc1cccc(C(NN)c2cn(C)nc2C)c1. The molecule has 2 rings (SSSR count). The van der Waals surface area contributed by atoms with E-state index in [0.717, 1.165) is 22.6 Å². The Hall–Kier alpha value is -1.85. The van der Waals surface area contributed by atoms with E-state index in [4.69, 9.17) is 10.6 Å². The van der Waals surface area contributed by atoms with Crippen LogP contribution in [-0.2, 0) is 7.05 Å². The van der Waals surface area contributed by atoms with Crippen molar-refractivity contribution in [3.63, 3.8) is 0 Å². The standard InChI is InChI=1S/C13H18N4O/c1-9-12(8-17(2)16-9)13(15-14)10-5-4-6-11(7-10)18-3/h4-8,13,15H,14H2,1-3H3. The molecule has 0 aliphatic carbocycles. The molecule has 1 atom stereocenters. The molecule has 5 heteroatoms. The van der Waals surface area contributed by atoms with Crippen molar-refractivity contribution in [1.29, 1.82) is 0 Å². The van der Waals surface area contributed by atoms with Crippen molar-refractivity contribution in [2.75, 3.05) is 7.11 Å². The number of nitrogens with one attached hydrogen (secondary N) is 1. The van der Waals surface area contributed by atoms with Crippen molar-refractivity contribution in [3.8, 4) is 5.75 Å². The first-order valence-corrected chi connectivity index (χ1v) is 5.76. The molecular weight excluding hydrogens is 228 g/mol. The Morgan fingerprint density at radius 3 is 2.78 bits per heavy atom. The molecule has 0 bridgehead atoms. The molecule has 1 aromatic carbocycles. The summed E-state index contributed by atoms with van der Waals surface area (Å²) in [7, 11) is 3.55. The molecule has 0 aliphatic rings. The van der Waals surface area contributed by atoms with Gasteiger partial charge in [0.1, 0.15) is 5.75 Å². The second-order valence-corrected chi connectivity index (χ2v) is 4.22. The fourth-order valence-corrected chi connectivity index (χ4v) is 2.09. The van der Waals surface area contributed by atoms with E-state index in [-0.39, 0.29) is 6.04 Å². The third-order valence-corrected chi connectivity index (χ3v) is 2.96. The molecule has 0 amide bonds. The van der Waals surface area contributed by atoms with Gasteiger partial charge in [0.25, 0.3) is 0 Å². The number of hydrogen-bond donors (Lipinski definition) is 2. The van der Waals surface area contributed by atoms with E-state index in [0.29, 0.717) is 0 Å². The smallest absolute Gasteiger partial charge is 0.119 e. The Morgan fingerprint density at radius 1 is 1.44 bits per heavy atom. The molecule has 18 heavy (non-hydrogen) atoms. The molecule has 1 heterocycles. The van der Waals surface area contributed by atoms with E-state index in [1.807, 2.05) is 44.4 Å². The monoisotopic (exact) mass is 246 g/mol.